The van der Waals surface area contributed by atoms with Crippen molar-refractivity contribution in [3.63, 3.8) is 0 Å². The number of carbonyl (C=O) groups excluding carboxylic acids is 3. The minimum Gasteiger partial charge on any atom is -0.444 e. The van der Waals surface area contributed by atoms with Gasteiger partial charge in [0, 0.05) is 64.9 Å². The third kappa shape index (κ3) is 36.5. The number of likely N-dealkylation sites (tertiary alicyclic amines) is 3. The highest BCUT2D eigenvalue weighted by Crippen LogP contribution is 2.22. The lowest BCUT2D eigenvalue weighted by molar-refractivity contribution is 0.0274. The molecule has 0 aromatic heterocycles. The molecule has 3 amide bonds. The first-order chi connectivity index (χ1) is 27.2. The summed E-state index contributed by atoms with van der Waals surface area (Å²) in [6.07, 6.45) is 4.98. The summed E-state index contributed by atoms with van der Waals surface area (Å²) in [5.41, 5.74) is -1.20. The highest BCUT2D eigenvalue weighted by molar-refractivity contribution is 6.40. The Hall–Kier alpha value is -1.52. The largest absolute Gasteiger partial charge is 0.444 e. The van der Waals surface area contributed by atoms with E-state index in [2.05, 4.69) is 55.5 Å². The highest BCUT2D eigenvalue weighted by Gasteiger charge is 2.31. The Morgan fingerprint density at radius 2 is 0.967 bits per heavy atom. The van der Waals surface area contributed by atoms with Crippen LogP contribution in [-0.2, 0) is 14.2 Å². The number of hydrogen-bond acceptors (Lipinski definition) is 11. The maximum absolute atomic E-state index is 11.8. The number of ether oxygens (including phenoxy) is 3. The lowest BCUT2D eigenvalue weighted by atomic mass is 10.1. The van der Waals surface area contributed by atoms with Crippen LogP contribution in [-0.4, -0.2) is 184 Å². The van der Waals surface area contributed by atoms with Crippen molar-refractivity contribution >= 4 is 53.9 Å². The van der Waals surface area contributed by atoms with Crippen molar-refractivity contribution < 1.29 is 33.7 Å². The molecule has 4 heterocycles. The van der Waals surface area contributed by atoms with E-state index >= 15 is 0 Å². The molecule has 0 aromatic rings. The number of alkyl halides is 2. The number of hydrogen-bond donors (Lipinski definition) is 3. The van der Waals surface area contributed by atoms with Gasteiger partial charge in [-0.3, -0.25) is 0 Å². The number of nitrogens with one attached hydrogen (secondary N) is 2. The van der Waals surface area contributed by atoms with E-state index in [1.165, 1.54) is 26.1 Å². The van der Waals surface area contributed by atoms with Crippen LogP contribution < -0.4 is 10.6 Å². The normalized spacial score (nSPS) is 20.7. The number of rotatable bonds is 6. The summed E-state index contributed by atoms with van der Waals surface area (Å²) in [7, 11) is 12.2. The van der Waals surface area contributed by atoms with Crippen LogP contribution in [0.1, 0.15) is 109 Å². The van der Waals surface area contributed by atoms with Gasteiger partial charge in [-0.2, -0.15) is 0 Å². The zero-order valence-electron chi connectivity index (χ0n) is 40.6. The van der Waals surface area contributed by atoms with Gasteiger partial charge in [-0.1, -0.05) is 20.8 Å². The second-order valence-corrected chi connectivity index (χ2v) is 20.1. The molecule has 0 unspecified atom stereocenters. The monoisotopic (exact) mass is 938 g/mol. The average Bonchev–Trinajstić information content (AvgIpc) is 3.92. The van der Waals surface area contributed by atoms with Crippen LogP contribution in [0.2, 0.25) is 0 Å². The average molecular weight is 940 g/mol. The molecule has 17 heteroatoms. The number of nitrogens with zero attached hydrogens (tertiary/aromatic N) is 5. The second kappa shape index (κ2) is 34.8. The summed E-state index contributed by atoms with van der Waals surface area (Å²) in [5, 5.41) is 15.2. The maximum atomic E-state index is 11.8. The predicted octanol–water partition coefficient (Wildman–Crippen LogP) is 8.17. The quantitative estimate of drug-likeness (QED) is 0.176. The molecule has 3 N–H and O–H groups in total. The van der Waals surface area contributed by atoms with Gasteiger partial charge in [0.15, 0.2) is 0 Å². The third-order valence-electron chi connectivity index (χ3n) is 9.06. The zero-order chi connectivity index (χ0) is 46.0. The SMILES string of the molecule is C.CC(C)(C)OC(=O)N1CC[C@@H](CO)C1.CC[C@@H]1CCN(C(=O)OC(C)(C)C)C1.CN(C)C[C@@H]1CCN(C(=O)OC(C)(C)C)C1.CN(C)C[C@@H]1CCNC1.CNC.Cl.ClCCl. The fourth-order valence-electron chi connectivity index (χ4n) is 6.51. The van der Waals surface area contributed by atoms with Gasteiger partial charge in [0.05, 0.1) is 5.34 Å². The third-order valence-corrected chi connectivity index (χ3v) is 9.06. The Labute approximate surface area is 390 Å². The van der Waals surface area contributed by atoms with Crippen molar-refractivity contribution in [1.29, 1.82) is 0 Å². The number of aliphatic hydroxyl groups is 1. The van der Waals surface area contributed by atoms with E-state index in [-0.39, 0.29) is 61.6 Å². The molecular formula is C44H94Cl3N7O7. The van der Waals surface area contributed by atoms with Gasteiger partial charge in [-0.25, -0.2) is 14.4 Å². The van der Waals surface area contributed by atoms with E-state index in [9.17, 15) is 14.4 Å². The molecule has 0 spiro atoms. The molecule has 4 atom stereocenters. The molecule has 0 bridgehead atoms. The van der Waals surface area contributed by atoms with Crippen molar-refractivity contribution in [3.8, 4) is 0 Å². The number of aliphatic hydroxyl groups excluding tert-OH is 1. The molecule has 0 aromatic carbocycles. The molecule has 4 fully saturated rings. The Morgan fingerprint density at radius 3 is 1.23 bits per heavy atom. The number of halogens is 3. The van der Waals surface area contributed by atoms with E-state index < -0.39 is 11.2 Å². The first kappa shape index (κ1) is 66.1. The molecule has 4 saturated heterocycles. The summed E-state index contributed by atoms with van der Waals surface area (Å²) in [4.78, 5) is 44.7. The first-order valence-electron chi connectivity index (χ1n) is 21.5. The molecule has 0 saturated carbocycles. The molecule has 4 rings (SSSR count). The van der Waals surface area contributed by atoms with Crippen LogP contribution in [0.5, 0.6) is 0 Å². The molecule has 4 aliphatic rings. The summed E-state index contributed by atoms with van der Waals surface area (Å²) >= 11 is 9.53. The van der Waals surface area contributed by atoms with Gasteiger partial charge in [-0.05, 0) is 161 Å². The van der Waals surface area contributed by atoms with Crippen LogP contribution in [0.4, 0.5) is 14.4 Å². The smallest absolute Gasteiger partial charge is 0.410 e. The van der Waals surface area contributed by atoms with E-state index in [0.29, 0.717) is 24.9 Å². The van der Waals surface area contributed by atoms with Crippen molar-refractivity contribution in [2.24, 2.45) is 23.7 Å². The van der Waals surface area contributed by atoms with Crippen LogP contribution >= 0.6 is 35.6 Å². The van der Waals surface area contributed by atoms with Crippen molar-refractivity contribution in [2.75, 3.05) is 120 Å². The lowest BCUT2D eigenvalue weighted by Crippen LogP contribution is -2.36. The molecule has 14 nitrogen and oxygen atoms in total. The van der Waals surface area contributed by atoms with E-state index in [4.69, 9.17) is 42.5 Å². The van der Waals surface area contributed by atoms with Gasteiger partial charge < -0.3 is 54.5 Å². The molecule has 0 aliphatic carbocycles. The van der Waals surface area contributed by atoms with Crippen molar-refractivity contribution in [3.05, 3.63) is 0 Å². The van der Waals surface area contributed by atoms with E-state index in [1.807, 2.05) is 86.2 Å². The van der Waals surface area contributed by atoms with E-state index in [0.717, 1.165) is 64.3 Å². The van der Waals surface area contributed by atoms with Gasteiger partial charge in [0.2, 0.25) is 0 Å². The summed E-state index contributed by atoms with van der Waals surface area (Å²) in [6.45, 7) is 28.7. The van der Waals surface area contributed by atoms with Gasteiger partial charge in [0.1, 0.15) is 16.8 Å². The highest BCUT2D eigenvalue weighted by atomic mass is 35.5. The molecule has 0 radical (unpaired) electrons. The van der Waals surface area contributed by atoms with Crippen LogP contribution in [0.3, 0.4) is 0 Å². The Kier molecular flexibility index (Phi) is 37.7. The van der Waals surface area contributed by atoms with E-state index in [1.54, 1.807) is 4.90 Å². The minimum atomic E-state index is -0.436. The van der Waals surface area contributed by atoms with Crippen molar-refractivity contribution in [1.82, 2.24) is 35.1 Å². The number of amides is 3. The first-order valence-corrected chi connectivity index (χ1v) is 22.6. The standard InChI is InChI=1S/C12H24N2O2.C11H21NO2.C10H19NO3.C7H16N2.C2H7N.CH2Cl2.CH4.ClH/c1-12(2,3)16-11(15)14-7-6-10(9-14)8-13(4)5;1-5-9-6-7-12(8-9)10(13)14-11(2,3)4;1-10(2,3)14-9(13)11-5-4-8(6-11)7-12;1-9(2)6-7-3-4-8-5-7;1-3-2;2-1-3;;/h10H,6-9H2,1-5H3;9H,5-8H2,1-4H3;8,12H,4-7H2,1-3H3;7-8H,3-6H2,1-2H3;3H,1-2H3;1H2;1H4;1H/t10-;9-;8-;7-;;;;/m0111..../s1. The predicted molar refractivity (Wildman–Crippen MR) is 259 cm³/mol. The Balaban J connectivity index is -0.000000340. The van der Waals surface area contributed by atoms with Crippen LogP contribution in [0, 0.1) is 23.7 Å². The van der Waals surface area contributed by atoms with Crippen molar-refractivity contribution in [2.45, 2.75) is 126 Å². The Bertz CT molecular complexity index is 1070. The summed E-state index contributed by atoms with van der Waals surface area (Å²) < 4.78 is 15.9. The number of carbonyl (C=O) groups is 3. The molecule has 61 heavy (non-hydrogen) atoms. The molecule has 4 aliphatic heterocycles. The topological polar surface area (TPSA) is 139 Å². The minimum absolute atomic E-state index is 0. The fraction of sp³-hybridized carbons (Fsp3) is 0.932. The zero-order valence-corrected chi connectivity index (χ0v) is 43.0. The fourth-order valence-corrected chi connectivity index (χ4v) is 6.51. The van der Waals surface area contributed by atoms with Gasteiger partial charge in [0.25, 0.3) is 0 Å². The molecular weight excluding hydrogens is 845 g/mol. The summed E-state index contributed by atoms with van der Waals surface area (Å²) in [6, 6.07) is 0. The molecule has 368 valence electrons. The van der Waals surface area contributed by atoms with Gasteiger partial charge in [-0.15, -0.1) is 35.6 Å². The van der Waals surface area contributed by atoms with Gasteiger partial charge >= 0.3 is 18.3 Å². The summed E-state index contributed by atoms with van der Waals surface area (Å²) in [5.74, 6) is 2.38. The van der Waals surface area contributed by atoms with Crippen LogP contribution in [0.15, 0.2) is 0 Å². The van der Waals surface area contributed by atoms with Crippen LogP contribution in [0.25, 0.3) is 0 Å². The maximum Gasteiger partial charge on any atom is 0.410 e. The Morgan fingerprint density at radius 1 is 0.656 bits per heavy atom. The lowest BCUT2D eigenvalue weighted by Gasteiger charge is -2.24. The second-order valence-electron chi connectivity index (χ2n) is 19.3.